The number of esters is 1. The Morgan fingerprint density at radius 2 is 1.96 bits per heavy atom. The highest BCUT2D eigenvalue weighted by molar-refractivity contribution is 7.91. The van der Waals surface area contributed by atoms with Crippen LogP contribution in [0.15, 0.2) is 61.9 Å². The Kier molecular flexibility index (Phi) is 10.1. The summed E-state index contributed by atoms with van der Waals surface area (Å²) in [6, 6.07) is 8.01. The van der Waals surface area contributed by atoms with E-state index in [1.54, 1.807) is 13.0 Å². The van der Waals surface area contributed by atoms with Crippen LogP contribution in [0.5, 0.6) is 5.88 Å². The molecule has 0 radical (unpaired) electrons. The van der Waals surface area contributed by atoms with Crippen molar-refractivity contribution in [2.24, 2.45) is 0 Å². The Morgan fingerprint density at radius 1 is 1.24 bits per heavy atom. The highest BCUT2D eigenvalue weighted by atomic mass is 32.2. The van der Waals surface area contributed by atoms with Crippen molar-refractivity contribution in [3.63, 3.8) is 0 Å². The van der Waals surface area contributed by atoms with E-state index in [-0.39, 0.29) is 22.0 Å². The SMILES string of the molecule is CCC(COc1no[n+]([O-])c1S(=O)(=O)c1ccccc1)OC(=O)CCC(=O)Nc1ccn([C@@H]2O[C@H](CO)[C@@H](O)C2(F)F)c(=O)n1. The first-order chi connectivity index (χ1) is 21.3. The molecule has 3 N–H and O–H groups in total. The lowest BCUT2D eigenvalue weighted by Gasteiger charge is -2.21. The molecule has 1 fully saturated rings. The number of alkyl halides is 2. The number of halogens is 2. The summed E-state index contributed by atoms with van der Waals surface area (Å²) in [5.74, 6) is -6.51. The predicted molar refractivity (Wildman–Crippen MR) is 141 cm³/mol. The highest BCUT2D eigenvalue weighted by Crippen LogP contribution is 2.42. The number of aliphatic hydroxyl groups excluding tert-OH is 2. The van der Waals surface area contributed by atoms with Gasteiger partial charge in [-0.1, -0.05) is 25.1 Å². The topological polar surface area (TPSA) is 236 Å². The number of sulfone groups is 1. The van der Waals surface area contributed by atoms with E-state index in [0.29, 0.717) is 4.57 Å². The Balaban J connectivity index is 1.29. The predicted octanol–water partition coefficient (Wildman–Crippen LogP) is -0.297. The summed E-state index contributed by atoms with van der Waals surface area (Å²) in [6.45, 7) is 0.288. The van der Waals surface area contributed by atoms with Gasteiger partial charge in [-0.15, -0.1) is 0 Å². The van der Waals surface area contributed by atoms with Crippen LogP contribution in [0.25, 0.3) is 0 Å². The van der Waals surface area contributed by atoms with Crippen LogP contribution in [-0.4, -0.2) is 82.7 Å². The van der Waals surface area contributed by atoms with Crippen LogP contribution in [0.4, 0.5) is 14.6 Å². The van der Waals surface area contributed by atoms with E-state index in [9.17, 15) is 41.9 Å². The molecule has 1 aliphatic rings. The Morgan fingerprint density at radius 3 is 2.58 bits per heavy atom. The maximum absolute atomic E-state index is 14.3. The van der Waals surface area contributed by atoms with Gasteiger partial charge in [-0.3, -0.25) is 18.8 Å². The molecule has 3 heterocycles. The molecule has 20 heteroatoms. The molecule has 0 aliphatic carbocycles. The summed E-state index contributed by atoms with van der Waals surface area (Å²) >= 11 is 0. The van der Waals surface area contributed by atoms with Crippen molar-refractivity contribution in [2.75, 3.05) is 18.5 Å². The number of rotatable bonds is 13. The lowest BCUT2D eigenvalue weighted by Crippen LogP contribution is -2.41. The van der Waals surface area contributed by atoms with Crippen LogP contribution in [0, 0.1) is 5.21 Å². The second-order valence-corrected chi connectivity index (χ2v) is 11.4. The fraction of sp³-hybridized carbons (Fsp3) is 0.440. The minimum atomic E-state index is -4.37. The number of aromatic nitrogens is 4. The van der Waals surface area contributed by atoms with Crippen LogP contribution >= 0.6 is 0 Å². The van der Waals surface area contributed by atoms with E-state index in [1.165, 1.54) is 24.3 Å². The zero-order valence-electron chi connectivity index (χ0n) is 23.3. The van der Waals surface area contributed by atoms with Crippen LogP contribution in [0.1, 0.15) is 32.4 Å². The van der Waals surface area contributed by atoms with Gasteiger partial charge in [-0.2, -0.15) is 13.8 Å². The standard InChI is InChI=1S/C25H27F2N5O12S/c1-2-14(13-41-21-22(32(38)44-30-21)45(39,40)15-6-4-3-5-7-15)42-19(35)9-8-18(34)28-17-10-11-31(24(37)29-17)23-25(26,27)20(36)16(12-33)43-23/h3-7,10-11,14,16,20,23,33,36H,2,8-9,12-13H2,1H3,(H,28,29,34,37)/t14?,16-,20-,23-/m1/s1. The third-order valence-electron chi connectivity index (χ3n) is 6.48. The van der Waals surface area contributed by atoms with Crippen molar-refractivity contribution < 1.29 is 60.7 Å². The van der Waals surface area contributed by atoms with Gasteiger partial charge in [-0.25, -0.2) is 13.2 Å². The molecule has 1 amide bonds. The number of nitrogens with one attached hydrogen (secondary N) is 1. The first kappa shape index (κ1) is 33.4. The van der Waals surface area contributed by atoms with Crippen molar-refractivity contribution in [3.05, 3.63) is 58.3 Å². The number of ether oxygens (including phenoxy) is 3. The van der Waals surface area contributed by atoms with E-state index in [4.69, 9.17) is 19.3 Å². The molecule has 1 unspecified atom stereocenters. The second kappa shape index (κ2) is 13.6. The fourth-order valence-corrected chi connectivity index (χ4v) is 5.39. The van der Waals surface area contributed by atoms with Crippen molar-refractivity contribution in [1.82, 2.24) is 14.7 Å². The summed E-state index contributed by atoms with van der Waals surface area (Å²) in [6.07, 6.45) is -7.02. The molecule has 4 rings (SSSR count). The Hall–Kier alpha value is -4.53. The van der Waals surface area contributed by atoms with Gasteiger partial charge < -0.3 is 34.9 Å². The number of anilines is 1. The monoisotopic (exact) mass is 659 g/mol. The van der Waals surface area contributed by atoms with Crippen LogP contribution in [0.2, 0.25) is 0 Å². The number of amides is 1. The van der Waals surface area contributed by atoms with Crippen LogP contribution in [0.3, 0.4) is 0 Å². The van der Waals surface area contributed by atoms with Gasteiger partial charge in [0.1, 0.15) is 24.6 Å². The maximum Gasteiger partial charge on any atom is 0.415 e. The molecule has 17 nitrogen and oxygen atoms in total. The first-order valence-corrected chi connectivity index (χ1v) is 14.7. The molecule has 0 saturated carbocycles. The number of hydrogen-bond donors (Lipinski definition) is 3. The first-order valence-electron chi connectivity index (χ1n) is 13.2. The minimum Gasteiger partial charge on any atom is -0.459 e. The summed E-state index contributed by atoms with van der Waals surface area (Å²) < 4.78 is 74.7. The largest absolute Gasteiger partial charge is 0.459 e. The number of carbonyl (C=O) groups is 2. The van der Waals surface area contributed by atoms with Gasteiger partial charge in [0, 0.05) is 12.6 Å². The van der Waals surface area contributed by atoms with Crippen molar-refractivity contribution in [3.8, 4) is 5.88 Å². The molecule has 0 bridgehead atoms. The lowest BCUT2D eigenvalue weighted by molar-refractivity contribution is -0.832. The lowest BCUT2D eigenvalue weighted by atomic mass is 10.1. The van der Waals surface area contributed by atoms with Gasteiger partial charge in [0.2, 0.25) is 12.1 Å². The molecule has 244 valence electrons. The normalized spacial score (nSPS) is 20.0. The molecule has 1 saturated heterocycles. The van der Waals surface area contributed by atoms with Crippen molar-refractivity contribution in [2.45, 2.75) is 66.6 Å². The summed E-state index contributed by atoms with van der Waals surface area (Å²) in [7, 11) is -4.37. The van der Waals surface area contributed by atoms with Gasteiger partial charge in [0.05, 0.1) is 23.1 Å². The zero-order valence-corrected chi connectivity index (χ0v) is 24.1. The zero-order chi connectivity index (χ0) is 32.9. The van der Waals surface area contributed by atoms with Gasteiger partial charge in [0.15, 0.2) is 6.10 Å². The number of aliphatic hydroxyl groups is 2. The number of hydrogen-bond acceptors (Lipinski definition) is 14. The molecule has 1 aliphatic heterocycles. The van der Waals surface area contributed by atoms with E-state index in [2.05, 4.69) is 20.1 Å². The van der Waals surface area contributed by atoms with E-state index in [1.807, 2.05) is 0 Å². The maximum atomic E-state index is 14.3. The number of carbonyl (C=O) groups excluding carboxylic acids is 2. The van der Waals surface area contributed by atoms with Crippen molar-refractivity contribution in [1.29, 1.82) is 0 Å². The summed E-state index contributed by atoms with van der Waals surface area (Å²) in [5.41, 5.74) is -1.25. The smallest absolute Gasteiger partial charge is 0.415 e. The van der Waals surface area contributed by atoms with Crippen LogP contribution in [-0.2, 0) is 28.9 Å². The van der Waals surface area contributed by atoms with Gasteiger partial charge in [-0.05, 0) is 29.5 Å². The van der Waals surface area contributed by atoms with Gasteiger partial charge in [0.25, 0.3) is 9.84 Å². The van der Waals surface area contributed by atoms with Gasteiger partial charge >= 0.3 is 28.5 Å². The van der Waals surface area contributed by atoms with E-state index >= 15 is 0 Å². The third kappa shape index (κ3) is 7.24. The highest BCUT2D eigenvalue weighted by Gasteiger charge is 2.59. The fourth-order valence-electron chi connectivity index (χ4n) is 4.09. The Labute approximate surface area is 252 Å². The number of benzene rings is 1. The minimum absolute atomic E-state index is 0.188. The molecule has 4 atom stereocenters. The molecular weight excluding hydrogens is 632 g/mol. The second-order valence-electron chi connectivity index (χ2n) is 9.57. The van der Waals surface area contributed by atoms with Crippen molar-refractivity contribution >= 4 is 27.5 Å². The van der Waals surface area contributed by atoms with E-state index in [0.717, 1.165) is 12.3 Å². The quantitative estimate of drug-likeness (QED) is 0.158. The Bertz CT molecular complexity index is 1680. The molecule has 45 heavy (non-hydrogen) atoms. The average Bonchev–Trinajstić information content (AvgIpc) is 3.50. The molecule has 2 aromatic heterocycles. The molecule has 0 spiro atoms. The summed E-state index contributed by atoms with van der Waals surface area (Å²) in [4.78, 5) is 39.9. The molecule has 1 aromatic carbocycles. The van der Waals surface area contributed by atoms with Crippen LogP contribution < -0.4 is 20.6 Å². The number of nitrogens with zero attached hydrogens (tertiary/aromatic N) is 4. The average molecular weight is 660 g/mol. The third-order valence-corrected chi connectivity index (χ3v) is 8.21. The van der Waals surface area contributed by atoms with E-state index < -0.39 is 94.8 Å². The molecular formula is C25H27F2N5O12S. The molecule has 3 aromatic rings. The summed E-state index contributed by atoms with van der Waals surface area (Å²) in [5, 5.41) is 35.4.